The van der Waals surface area contributed by atoms with E-state index < -0.39 is 5.60 Å². The van der Waals surface area contributed by atoms with Gasteiger partial charge in [0.2, 0.25) is 5.78 Å². The predicted molar refractivity (Wildman–Crippen MR) is 112 cm³/mol. The van der Waals surface area contributed by atoms with E-state index in [2.05, 4.69) is 30.0 Å². The highest BCUT2D eigenvalue weighted by Gasteiger charge is 2.40. The fraction of sp³-hybridized carbons (Fsp3) is 0.250. The Morgan fingerprint density at radius 3 is 2.57 bits per heavy atom. The summed E-state index contributed by atoms with van der Waals surface area (Å²) in [6, 6.07) is 5.56. The van der Waals surface area contributed by atoms with Gasteiger partial charge < -0.3 is 10.2 Å². The lowest BCUT2D eigenvalue weighted by Crippen LogP contribution is -2.33. The lowest BCUT2D eigenvalue weighted by Gasteiger charge is -2.12. The van der Waals surface area contributed by atoms with Crippen molar-refractivity contribution < 1.29 is 14.4 Å². The second-order valence-electron chi connectivity index (χ2n) is 7.33. The van der Waals surface area contributed by atoms with E-state index in [1.54, 1.807) is 27.0 Å². The third-order valence-corrected chi connectivity index (χ3v) is 5.49. The molecule has 0 spiro atoms. The van der Waals surface area contributed by atoms with Crippen LogP contribution in [-0.4, -0.2) is 42.6 Å². The Morgan fingerprint density at radius 2 is 1.97 bits per heavy atom. The number of nitrogens with one attached hydrogen (secondary N) is 1. The van der Waals surface area contributed by atoms with Gasteiger partial charge in [0.15, 0.2) is 17.1 Å². The third-order valence-electron chi connectivity index (χ3n) is 4.67. The van der Waals surface area contributed by atoms with Crippen molar-refractivity contribution in [1.82, 2.24) is 19.6 Å². The average molecular weight is 422 g/mol. The minimum Gasteiger partial charge on any atom is -0.381 e. The topological polar surface area (TPSA) is 119 Å². The summed E-state index contributed by atoms with van der Waals surface area (Å²) in [6.07, 6.45) is 3.05. The summed E-state index contributed by atoms with van der Waals surface area (Å²) in [6.45, 7) is 7.02. The maximum atomic E-state index is 12.5. The van der Waals surface area contributed by atoms with Gasteiger partial charge in [-0.2, -0.15) is 0 Å². The Balaban J connectivity index is 1.58. The average Bonchev–Trinajstić information content (AvgIpc) is 3.26. The fourth-order valence-electron chi connectivity index (χ4n) is 2.90. The number of nitrogens with zero attached hydrogens (tertiary/aromatic N) is 5. The Labute approximate surface area is 176 Å². The Morgan fingerprint density at radius 1 is 1.17 bits per heavy atom. The molecule has 0 saturated carbocycles. The molecular weight excluding hydrogens is 404 g/mol. The third kappa shape index (κ3) is 3.57. The number of benzene rings is 1. The summed E-state index contributed by atoms with van der Waals surface area (Å²) < 4.78 is 3.76. The molecule has 152 valence electrons. The van der Waals surface area contributed by atoms with Crippen molar-refractivity contribution in [3.8, 4) is 11.3 Å². The summed E-state index contributed by atoms with van der Waals surface area (Å²) in [5.41, 5.74) is 2.90. The standard InChI is InChI=1S/C20H18N6O3S/c1-10-5-6-12(16-18(27)20(3,4)29-25-16)7-13(10)14-8-22-15(9-21-14)23-19(28)17-11(2)24-26-30-17/h5-9H,1-4H3,(H,22,23,28). The van der Waals surface area contributed by atoms with Crippen molar-refractivity contribution in [3.05, 3.63) is 52.3 Å². The van der Waals surface area contributed by atoms with Gasteiger partial charge in [-0.1, -0.05) is 21.8 Å². The first-order valence-corrected chi connectivity index (χ1v) is 9.88. The number of hydrogen-bond donors (Lipinski definition) is 1. The highest BCUT2D eigenvalue weighted by molar-refractivity contribution is 7.08. The van der Waals surface area contributed by atoms with Crippen LogP contribution in [0.5, 0.6) is 0 Å². The molecule has 1 amide bonds. The van der Waals surface area contributed by atoms with E-state index in [0.717, 1.165) is 22.7 Å². The number of hydrogen-bond acceptors (Lipinski definition) is 9. The Hall–Kier alpha value is -3.53. The van der Waals surface area contributed by atoms with Crippen LogP contribution in [0.1, 0.15) is 40.3 Å². The van der Waals surface area contributed by atoms with Crippen molar-refractivity contribution in [1.29, 1.82) is 0 Å². The lowest BCUT2D eigenvalue weighted by molar-refractivity contribution is -0.128. The first-order chi connectivity index (χ1) is 14.3. The molecule has 0 radical (unpaired) electrons. The largest absolute Gasteiger partial charge is 0.381 e. The maximum Gasteiger partial charge on any atom is 0.270 e. The number of ketones is 1. The van der Waals surface area contributed by atoms with Crippen LogP contribution in [0, 0.1) is 13.8 Å². The van der Waals surface area contributed by atoms with Crippen LogP contribution >= 0.6 is 11.5 Å². The molecule has 0 saturated heterocycles. The van der Waals surface area contributed by atoms with E-state index in [9.17, 15) is 9.59 Å². The molecule has 1 N–H and O–H groups in total. The molecule has 9 nitrogen and oxygen atoms in total. The van der Waals surface area contributed by atoms with Crippen molar-refractivity contribution in [2.24, 2.45) is 5.16 Å². The zero-order chi connectivity index (χ0) is 21.5. The van der Waals surface area contributed by atoms with E-state index >= 15 is 0 Å². The molecular formula is C20H18N6O3S. The molecule has 0 unspecified atom stereocenters. The van der Waals surface area contributed by atoms with E-state index in [4.69, 9.17) is 4.84 Å². The van der Waals surface area contributed by atoms with E-state index in [-0.39, 0.29) is 17.4 Å². The van der Waals surface area contributed by atoms with Gasteiger partial charge in [0.25, 0.3) is 5.91 Å². The molecule has 0 fully saturated rings. The number of anilines is 1. The van der Waals surface area contributed by atoms with Crippen LogP contribution < -0.4 is 5.32 Å². The lowest BCUT2D eigenvalue weighted by atomic mass is 9.93. The number of carbonyl (C=O) groups excluding carboxylic acids is 2. The maximum absolute atomic E-state index is 12.5. The molecule has 3 aromatic rings. The van der Waals surface area contributed by atoms with Crippen LogP contribution in [0.4, 0.5) is 5.82 Å². The molecule has 1 aromatic carbocycles. The molecule has 3 heterocycles. The van der Waals surface area contributed by atoms with Gasteiger partial charge in [0, 0.05) is 11.1 Å². The summed E-state index contributed by atoms with van der Waals surface area (Å²) >= 11 is 1.02. The van der Waals surface area contributed by atoms with E-state index in [1.807, 2.05) is 25.1 Å². The molecule has 1 aliphatic heterocycles. The van der Waals surface area contributed by atoms with Crippen molar-refractivity contribution >= 4 is 34.8 Å². The smallest absolute Gasteiger partial charge is 0.270 e. The van der Waals surface area contributed by atoms with E-state index in [1.165, 1.54) is 6.20 Å². The molecule has 30 heavy (non-hydrogen) atoms. The number of Topliss-reactive ketones (excluding diaryl/α,β-unsaturated/α-hetero) is 1. The molecule has 1 aliphatic rings. The quantitative estimate of drug-likeness (QED) is 0.686. The second kappa shape index (κ2) is 7.38. The summed E-state index contributed by atoms with van der Waals surface area (Å²) in [4.78, 5) is 39.2. The highest BCUT2D eigenvalue weighted by Crippen LogP contribution is 2.27. The van der Waals surface area contributed by atoms with Gasteiger partial charge >= 0.3 is 0 Å². The van der Waals surface area contributed by atoms with Gasteiger partial charge in [-0.25, -0.2) is 4.98 Å². The van der Waals surface area contributed by atoms with Crippen molar-refractivity contribution in [3.63, 3.8) is 0 Å². The molecule has 4 rings (SSSR count). The first-order valence-electron chi connectivity index (χ1n) is 9.11. The zero-order valence-electron chi connectivity index (χ0n) is 16.8. The van der Waals surface area contributed by atoms with E-state index in [0.29, 0.717) is 27.6 Å². The molecule has 10 heteroatoms. The summed E-state index contributed by atoms with van der Waals surface area (Å²) in [7, 11) is 0. The van der Waals surface area contributed by atoms with Crippen LogP contribution in [0.3, 0.4) is 0 Å². The molecule has 0 aliphatic carbocycles. The number of rotatable bonds is 4. The SMILES string of the molecule is Cc1ccc(C2=NOC(C)(C)C2=O)cc1-c1cnc(NC(=O)c2snnc2C)cn1. The normalized spacial score (nSPS) is 14.9. The first kappa shape index (κ1) is 19.8. The number of aromatic nitrogens is 4. The van der Waals surface area contributed by atoms with Crippen LogP contribution in [0.15, 0.2) is 35.7 Å². The van der Waals surface area contributed by atoms with Gasteiger partial charge in [-0.15, -0.1) is 5.10 Å². The zero-order valence-corrected chi connectivity index (χ0v) is 17.6. The monoisotopic (exact) mass is 422 g/mol. The highest BCUT2D eigenvalue weighted by atomic mass is 32.1. The summed E-state index contributed by atoms with van der Waals surface area (Å²) in [5.74, 6) is -0.187. The number of oxime groups is 1. The summed E-state index contributed by atoms with van der Waals surface area (Å²) in [5, 5.41) is 10.5. The van der Waals surface area contributed by atoms with Crippen LogP contribution in [-0.2, 0) is 9.63 Å². The van der Waals surface area contributed by atoms with Gasteiger partial charge in [-0.05, 0) is 50.9 Å². The van der Waals surface area contributed by atoms with Crippen molar-refractivity contribution in [2.45, 2.75) is 33.3 Å². The molecule has 0 bridgehead atoms. The molecule has 0 atom stereocenters. The van der Waals surface area contributed by atoms with Gasteiger partial charge in [-0.3, -0.25) is 14.6 Å². The minimum atomic E-state index is -0.966. The van der Waals surface area contributed by atoms with Crippen LogP contribution in [0.25, 0.3) is 11.3 Å². The predicted octanol–water partition coefficient (Wildman–Crippen LogP) is 2.95. The van der Waals surface area contributed by atoms with Gasteiger partial charge in [0.05, 0.1) is 23.8 Å². The number of carbonyl (C=O) groups is 2. The number of amides is 1. The number of aryl methyl sites for hydroxylation is 2. The van der Waals surface area contributed by atoms with Gasteiger partial charge in [0.1, 0.15) is 4.88 Å². The second-order valence-corrected chi connectivity index (χ2v) is 8.08. The molecule has 2 aromatic heterocycles. The van der Waals surface area contributed by atoms with Crippen LogP contribution in [0.2, 0.25) is 0 Å². The minimum absolute atomic E-state index is 0.172. The fourth-order valence-corrected chi connectivity index (χ4v) is 3.45. The Bertz CT molecular complexity index is 1180. The van der Waals surface area contributed by atoms with Crippen molar-refractivity contribution in [2.75, 3.05) is 5.32 Å². The Kier molecular flexibility index (Phi) is 4.86.